The van der Waals surface area contributed by atoms with E-state index in [-0.39, 0.29) is 12.5 Å². The molecule has 0 heterocycles. The van der Waals surface area contributed by atoms with Crippen LogP contribution in [0.2, 0.25) is 0 Å². The van der Waals surface area contributed by atoms with Crippen LogP contribution < -0.4 is 10.1 Å². The van der Waals surface area contributed by atoms with Crippen molar-refractivity contribution in [3.05, 3.63) is 27.3 Å². The minimum Gasteiger partial charge on any atom is -0.483 e. The number of amides is 1. The number of rotatable bonds is 6. The van der Waals surface area contributed by atoms with E-state index in [4.69, 9.17) is 9.47 Å². The lowest BCUT2D eigenvalue weighted by molar-refractivity contribution is -0.123. The Labute approximate surface area is 115 Å². The zero-order chi connectivity index (χ0) is 12.7. The number of aryl methyl sites for hydroxylation is 1. The summed E-state index contributed by atoms with van der Waals surface area (Å²) in [5.41, 5.74) is 1.17. The molecule has 5 heteroatoms. The highest BCUT2D eigenvalue weighted by Gasteiger charge is 2.05. The Morgan fingerprint density at radius 2 is 2.24 bits per heavy atom. The van der Waals surface area contributed by atoms with Crippen LogP contribution in [0.3, 0.4) is 0 Å². The molecular formula is C12H16INO3. The van der Waals surface area contributed by atoms with Crippen molar-refractivity contribution in [3.63, 3.8) is 0 Å². The summed E-state index contributed by atoms with van der Waals surface area (Å²) >= 11 is 2.19. The lowest BCUT2D eigenvalue weighted by atomic mass is 10.2. The topological polar surface area (TPSA) is 47.6 Å². The van der Waals surface area contributed by atoms with Crippen LogP contribution in [-0.2, 0) is 9.53 Å². The van der Waals surface area contributed by atoms with E-state index >= 15 is 0 Å². The number of carbonyl (C=O) groups excluding carboxylic acids is 1. The number of ether oxygens (including phenoxy) is 2. The summed E-state index contributed by atoms with van der Waals surface area (Å²) in [5, 5.41) is 2.69. The smallest absolute Gasteiger partial charge is 0.258 e. The Bertz CT molecular complexity index is 382. The molecule has 0 atom stereocenters. The summed E-state index contributed by atoms with van der Waals surface area (Å²) in [6.07, 6.45) is 0. The molecule has 0 aliphatic carbocycles. The van der Waals surface area contributed by atoms with E-state index in [1.165, 1.54) is 5.56 Å². The first-order valence-corrected chi connectivity index (χ1v) is 6.36. The highest BCUT2D eigenvalue weighted by Crippen LogP contribution is 2.21. The average Bonchev–Trinajstić information content (AvgIpc) is 2.28. The number of benzene rings is 1. The second-order valence-electron chi connectivity index (χ2n) is 3.57. The largest absolute Gasteiger partial charge is 0.483 e. The van der Waals surface area contributed by atoms with Crippen LogP contribution in [0, 0.1) is 10.5 Å². The van der Waals surface area contributed by atoms with Gasteiger partial charge in [0.25, 0.3) is 5.91 Å². The SMILES string of the molecule is COCCNC(=O)COc1ccc(C)cc1I. The third kappa shape index (κ3) is 5.36. The van der Waals surface area contributed by atoms with Gasteiger partial charge in [0.2, 0.25) is 0 Å². The van der Waals surface area contributed by atoms with E-state index < -0.39 is 0 Å². The van der Waals surface area contributed by atoms with Gasteiger partial charge in [-0.05, 0) is 47.2 Å². The van der Waals surface area contributed by atoms with Gasteiger partial charge in [0, 0.05) is 13.7 Å². The number of hydrogen-bond acceptors (Lipinski definition) is 3. The molecule has 0 radical (unpaired) electrons. The molecule has 0 fully saturated rings. The minimum absolute atomic E-state index is 0.0305. The molecule has 1 amide bonds. The van der Waals surface area contributed by atoms with E-state index in [1.807, 2.05) is 25.1 Å². The molecule has 0 aliphatic heterocycles. The first kappa shape index (κ1) is 14.2. The molecule has 4 nitrogen and oxygen atoms in total. The van der Waals surface area contributed by atoms with E-state index in [2.05, 4.69) is 27.9 Å². The molecule has 0 aromatic heterocycles. The second-order valence-corrected chi connectivity index (χ2v) is 4.73. The van der Waals surface area contributed by atoms with Crippen LogP contribution in [0.25, 0.3) is 0 Å². The highest BCUT2D eigenvalue weighted by molar-refractivity contribution is 14.1. The summed E-state index contributed by atoms with van der Waals surface area (Å²) in [7, 11) is 1.59. The number of halogens is 1. The lowest BCUT2D eigenvalue weighted by Crippen LogP contribution is -2.31. The predicted octanol–water partition coefficient (Wildman–Crippen LogP) is 1.74. The van der Waals surface area contributed by atoms with Gasteiger partial charge < -0.3 is 14.8 Å². The average molecular weight is 349 g/mol. The number of nitrogens with one attached hydrogen (secondary N) is 1. The molecule has 1 N–H and O–H groups in total. The maximum Gasteiger partial charge on any atom is 0.258 e. The van der Waals surface area contributed by atoms with Crippen molar-refractivity contribution in [2.24, 2.45) is 0 Å². The van der Waals surface area contributed by atoms with Crippen molar-refractivity contribution in [1.82, 2.24) is 5.32 Å². The number of methoxy groups -OCH3 is 1. The molecule has 0 saturated carbocycles. The Kier molecular flexibility index (Phi) is 6.28. The van der Waals surface area contributed by atoms with Gasteiger partial charge in [-0.3, -0.25) is 4.79 Å². The van der Waals surface area contributed by atoms with E-state index in [9.17, 15) is 4.79 Å². The van der Waals surface area contributed by atoms with Crippen LogP contribution in [0.4, 0.5) is 0 Å². The summed E-state index contributed by atoms with van der Waals surface area (Å²) < 4.78 is 11.3. The second kappa shape index (κ2) is 7.50. The van der Waals surface area contributed by atoms with Crippen molar-refractivity contribution < 1.29 is 14.3 Å². The quantitative estimate of drug-likeness (QED) is 0.629. The summed E-state index contributed by atoms with van der Waals surface area (Å²) in [4.78, 5) is 11.4. The standard InChI is InChI=1S/C12H16INO3/c1-9-3-4-11(10(13)7-9)17-8-12(15)14-5-6-16-2/h3-4,7H,5-6,8H2,1-2H3,(H,14,15). The zero-order valence-electron chi connectivity index (χ0n) is 9.96. The Morgan fingerprint density at radius 3 is 2.88 bits per heavy atom. The van der Waals surface area contributed by atoms with Gasteiger partial charge in [-0.2, -0.15) is 0 Å². The van der Waals surface area contributed by atoms with Gasteiger partial charge in [-0.15, -0.1) is 0 Å². The molecule has 0 spiro atoms. The maximum atomic E-state index is 11.4. The molecule has 1 rings (SSSR count). The van der Waals surface area contributed by atoms with Gasteiger partial charge in [-0.1, -0.05) is 6.07 Å². The van der Waals surface area contributed by atoms with Crippen molar-refractivity contribution >= 4 is 28.5 Å². The van der Waals surface area contributed by atoms with Crippen molar-refractivity contribution in [3.8, 4) is 5.75 Å². The van der Waals surface area contributed by atoms with E-state index in [0.717, 1.165) is 9.32 Å². The fourth-order valence-corrected chi connectivity index (χ4v) is 2.04. The van der Waals surface area contributed by atoms with Crippen LogP contribution in [0.1, 0.15) is 5.56 Å². The molecule has 94 valence electrons. The van der Waals surface area contributed by atoms with Crippen LogP contribution in [0.15, 0.2) is 18.2 Å². The maximum absolute atomic E-state index is 11.4. The monoisotopic (exact) mass is 349 g/mol. The lowest BCUT2D eigenvalue weighted by Gasteiger charge is -2.09. The van der Waals surface area contributed by atoms with Crippen LogP contribution in [0.5, 0.6) is 5.75 Å². The van der Waals surface area contributed by atoms with Crippen molar-refractivity contribution in [2.75, 3.05) is 26.9 Å². The van der Waals surface area contributed by atoms with Crippen LogP contribution in [-0.4, -0.2) is 32.8 Å². The normalized spacial score (nSPS) is 10.1. The fraction of sp³-hybridized carbons (Fsp3) is 0.417. The first-order chi connectivity index (χ1) is 8.13. The van der Waals surface area contributed by atoms with Crippen LogP contribution >= 0.6 is 22.6 Å². The fourth-order valence-electron chi connectivity index (χ4n) is 1.21. The molecule has 0 bridgehead atoms. The molecule has 0 saturated heterocycles. The number of hydrogen-bond donors (Lipinski definition) is 1. The van der Waals surface area contributed by atoms with Gasteiger partial charge in [0.05, 0.1) is 10.2 Å². The van der Waals surface area contributed by atoms with Crippen molar-refractivity contribution in [2.45, 2.75) is 6.92 Å². The van der Waals surface area contributed by atoms with Gasteiger partial charge in [-0.25, -0.2) is 0 Å². The Hall–Kier alpha value is -0.820. The Balaban J connectivity index is 2.37. The summed E-state index contributed by atoms with van der Waals surface area (Å²) in [6.45, 7) is 3.06. The van der Waals surface area contributed by atoms with E-state index in [1.54, 1.807) is 7.11 Å². The molecule has 17 heavy (non-hydrogen) atoms. The molecule has 1 aromatic carbocycles. The highest BCUT2D eigenvalue weighted by atomic mass is 127. The number of carbonyl (C=O) groups is 1. The Morgan fingerprint density at radius 1 is 1.47 bits per heavy atom. The summed E-state index contributed by atoms with van der Waals surface area (Å²) in [5.74, 6) is 0.594. The first-order valence-electron chi connectivity index (χ1n) is 5.28. The molecule has 0 unspecified atom stereocenters. The minimum atomic E-state index is -0.140. The summed E-state index contributed by atoms with van der Waals surface area (Å²) in [6, 6.07) is 5.85. The van der Waals surface area contributed by atoms with Gasteiger partial charge >= 0.3 is 0 Å². The molecular weight excluding hydrogens is 333 g/mol. The third-order valence-corrected chi connectivity index (χ3v) is 2.92. The third-order valence-electron chi connectivity index (χ3n) is 2.07. The van der Waals surface area contributed by atoms with E-state index in [0.29, 0.717) is 13.2 Å². The van der Waals surface area contributed by atoms with Gasteiger partial charge in [0.15, 0.2) is 6.61 Å². The molecule has 0 aliphatic rings. The van der Waals surface area contributed by atoms with Crippen molar-refractivity contribution in [1.29, 1.82) is 0 Å². The predicted molar refractivity (Wildman–Crippen MR) is 74.3 cm³/mol. The molecule has 1 aromatic rings. The van der Waals surface area contributed by atoms with Gasteiger partial charge in [0.1, 0.15) is 5.75 Å². The zero-order valence-corrected chi connectivity index (χ0v) is 12.1.